The molecule has 252 valence electrons. The molecule has 8 nitrogen and oxygen atoms in total. The van der Waals surface area contributed by atoms with Gasteiger partial charge in [-0.2, -0.15) is 0 Å². The quantitative estimate of drug-likeness (QED) is 0.321. The molecule has 0 aromatic carbocycles. The van der Waals surface area contributed by atoms with Crippen LogP contribution in [0.15, 0.2) is 11.6 Å². The summed E-state index contributed by atoms with van der Waals surface area (Å²) in [4.78, 5) is 13.0. The zero-order valence-corrected chi connectivity index (χ0v) is 28.6. The van der Waals surface area contributed by atoms with Crippen LogP contribution < -0.4 is 0 Å². The Bertz CT molecular complexity index is 1110. The molecule has 13 atom stereocenters. The van der Waals surface area contributed by atoms with Crippen molar-refractivity contribution in [3.8, 4) is 0 Å². The molecule has 5 rings (SSSR count). The zero-order chi connectivity index (χ0) is 32.6. The molecular weight excluding hydrogens is 560 g/mol. The Labute approximate surface area is 264 Å². The first-order chi connectivity index (χ1) is 20.2. The largest absolute Gasteiger partial charge is 0.390 e. The first kappa shape index (κ1) is 34.5. The lowest BCUT2D eigenvalue weighted by Crippen LogP contribution is -2.59. The number of aliphatic hydroxyl groups is 4. The highest BCUT2D eigenvalue weighted by Gasteiger charge is 2.58. The second-order valence-electron chi connectivity index (χ2n) is 17.0. The van der Waals surface area contributed by atoms with Crippen LogP contribution >= 0.6 is 0 Å². The number of carbonyl (C=O) groups excluding carboxylic acids is 1. The molecule has 4 N–H and O–H groups in total. The van der Waals surface area contributed by atoms with Gasteiger partial charge in [0.25, 0.3) is 0 Å². The van der Waals surface area contributed by atoms with Crippen molar-refractivity contribution < 1.29 is 39.4 Å². The molecule has 2 heterocycles. The minimum absolute atomic E-state index is 0.0316. The maximum Gasteiger partial charge on any atom is 0.187 e. The van der Waals surface area contributed by atoms with Crippen LogP contribution in [0.4, 0.5) is 0 Å². The van der Waals surface area contributed by atoms with Gasteiger partial charge in [0.2, 0.25) is 0 Å². The fraction of sp³-hybridized carbons (Fsp3) is 0.917. The number of allylic oxidation sites excluding steroid dienone is 2. The molecule has 0 spiro atoms. The van der Waals surface area contributed by atoms with E-state index in [1.165, 1.54) is 5.57 Å². The van der Waals surface area contributed by atoms with Gasteiger partial charge >= 0.3 is 0 Å². The fourth-order valence-electron chi connectivity index (χ4n) is 10.3. The summed E-state index contributed by atoms with van der Waals surface area (Å²) in [5.41, 5.74) is -1.17. The summed E-state index contributed by atoms with van der Waals surface area (Å²) in [5, 5.41) is 43.1. The summed E-state index contributed by atoms with van der Waals surface area (Å²) in [6, 6.07) is 0. The van der Waals surface area contributed by atoms with Crippen LogP contribution in [0.3, 0.4) is 0 Å². The van der Waals surface area contributed by atoms with Crippen molar-refractivity contribution in [2.75, 3.05) is 0 Å². The molecule has 2 saturated heterocycles. The standard InChI is InChI=1S/C36H60O8/c1-20-10-11-24-23(14-19-36(24,9)44-31-30(40)29(39)28(38)21(2)42-31)32(3,4)22(20)12-13-25-34(7)17-15-26(37)33(5,6)43-27(34)16-18-35(25,8)41/h12,20-21,23-25,27-31,38-41H,10-11,13-19H2,1-9H3. The van der Waals surface area contributed by atoms with Crippen LogP contribution in [0.5, 0.6) is 0 Å². The molecule has 2 aliphatic heterocycles. The van der Waals surface area contributed by atoms with Crippen LogP contribution in [0, 0.1) is 34.5 Å². The van der Waals surface area contributed by atoms with Crippen molar-refractivity contribution >= 4 is 5.78 Å². The number of aliphatic hydroxyl groups excluding tert-OH is 3. The van der Waals surface area contributed by atoms with Crippen molar-refractivity contribution in [2.45, 2.75) is 174 Å². The molecule has 5 fully saturated rings. The smallest absolute Gasteiger partial charge is 0.187 e. The van der Waals surface area contributed by atoms with Gasteiger partial charge < -0.3 is 34.6 Å². The van der Waals surface area contributed by atoms with Gasteiger partial charge in [0, 0.05) is 11.8 Å². The minimum Gasteiger partial charge on any atom is -0.390 e. The molecule has 3 aliphatic carbocycles. The molecule has 44 heavy (non-hydrogen) atoms. The highest BCUT2D eigenvalue weighted by Crippen LogP contribution is 2.60. The number of Topliss-reactive ketones (excluding diaryl/α,β-unsaturated/α-hetero) is 1. The van der Waals surface area contributed by atoms with Crippen molar-refractivity contribution in [2.24, 2.45) is 34.5 Å². The average molecular weight is 621 g/mol. The number of ether oxygens (including phenoxy) is 3. The first-order valence-corrected chi connectivity index (χ1v) is 17.3. The van der Waals surface area contributed by atoms with Gasteiger partial charge in [-0.1, -0.05) is 39.3 Å². The van der Waals surface area contributed by atoms with Crippen LogP contribution in [-0.4, -0.2) is 79.8 Å². The molecule has 3 saturated carbocycles. The number of rotatable bonds is 4. The molecule has 5 aliphatic rings. The number of ketones is 1. The summed E-state index contributed by atoms with van der Waals surface area (Å²) in [6.45, 7) is 18.8. The number of hydrogen-bond donors (Lipinski definition) is 4. The summed E-state index contributed by atoms with van der Waals surface area (Å²) in [7, 11) is 0. The van der Waals surface area contributed by atoms with Crippen LogP contribution in [0.2, 0.25) is 0 Å². The minimum atomic E-state index is -1.31. The molecule has 13 unspecified atom stereocenters. The Morgan fingerprint density at radius 3 is 2.23 bits per heavy atom. The van der Waals surface area contributed by atoms with Crippen molar-refractivity contribution in [1.29, 1.82) is 0 Å². The van der Waals surface area contributed by atoms with Gasteiger partial charge in [0.05, 0.1) is 23.4 Å². The molecular formula is C36H60O8. The third-order valence-corrected chi connectivity index (χ3v) is 13.3. The number of hydrogen-bond acceptors (Lipinski definition) is 8. The van der Waals surface area contributed by atoms with Crippen molar-refractivity contribution in [3.05, 3.63) is 11.6 Å². The monoisotopic (exact) mass is 620 g/mol. The van der Waals surface area contributed by atoms with E-state index < -0.39 is 47.5 Å². The summed E-state index contributed by atoms with van der Waals surface area (Å²) in [5.74, 6) is 1.07. The summed E-state index contributed by atoms with van der Waals surface area (Å²) >= 11 is 0. The molecule has 0 aromatic heterocycles. The van der Waals surface area contributed by atoms with Gasteiger partial charge in [-0.25, -0.2) is 0 Å². The van der Waals surface area contributed by atoms with E-state index in [1.807, 2.05) is 20.8 Å². The Morgan fingerprint density at radius 2 is 1.55 bits per heavy atom. The van der Waals surface area contributed by atoms with Gasteiger partial charge in [0.15, 0.2) is 12.1 Å². The van der Waals surface area contributed by atoms with E-state index in [9.17, 15) is 25.2 Å². The first-order valence-electron chi connectivity index (χ1n) is 17.3. The number of fused-ring (bicyclic) bond motifs is 2. The molecule has 0 amide bonds. The van der Waals surface area contributed by atoms with E-state index in [0.29, 0.717) is 24.7 Å². The van der Waals surface area contributed by atoms with Crippen molar-refractivity contribution in [1.82, 2.24) is 0 Å². The third kappa shape index (κ3) is 5.77. The van der Waals surface area contributed by atoms with Crippen LogP contribution in [0.1, 0.15) is 120 Å². The highest BCUT2D eigenvalue weighted by atomic mass is 16.7. The topological polar surface area (TPSA) is 126 Å². The Hall–Kier alpha value is -0.870. The normalized spacial score (nSPS) is 51.8. The van der Waals surface area contributed by atoms with Gasteiger partial charge in [-0.05, 0) is 115 Å². The van der Waals surface area contributed by atoms with Crippen LogP contribution in [-0.2, 0) is 19.0 Å². The van der Waals surface area contributed by atoms with E-state index in [4.69, 9.17) is 14.2 Å². The maximum atomic E-state index is 13.0. The predicted octanol–water partition coefficient (Wildman–Crippen LogP) is 5.08. The van der Waals surface area contributed by atoms with Gasteiger partial charge in [-0.15, -0.1) is 0 Å². The van der Waals surface area contributed by atoms with Crippen LogP contribution in [0.25, 0.3) is 0 Å². The van der Waals surface area contributed by atoms with E-state index in [1.54, 1.807) is 6.92 Å². The predicted molar refractivity (Wildman–Crippen MR) is 168 cm³/mol. The lowest BCUT2D eigenvalue weighted by Gasteiger charge is -2.54. The van der Waals surface area contributed by atoms with E-state index in [0.717, 1.165) is 44.9 Å². The van der Waals surface area contributed by atoms with E-state index in [-0.39, 0.29) is 34.6 Å². The van der Waals surface area contributed by atoms with Gasteiger partial charge in [-0.3, -0.25) is 4.79 Å². The second-order valence-corrected chi connectivity index (χ2v) is 17.0. The average Bonchev–Trinajstić information content (AvgIpc) is 3.18. The summed E-state index contributed by atoms with van der Waals surface area (Å²) < 4.78 is 19.0. The third-order valence-electron chi connectivity index (χ3n) is 13.3. The molecule has 0 bridgehead atoms. The highest BCUT2D eigenvalue weighted by molar-refractivity contribution is 5.86. The lowest BCUT2D eigenvalue weighted by atomic mass is 9.56. The summed E-state index contributed by atoms with van der Waals surface area (Å²) in [6.07, 6.45) is 4.10. The van der Waals surface area contributed by atoms with E-state index in [2.05, 4.69) is 40.7 Å². The Morgan fingerprint density at radius 1 is 0.864 bits per heavy atom. The maximum absolute atomic E-state index is 13.0. The fourth-order valence-corrected chi connectivity index (χ4v) is 10.3. The van der Waals surface area contributed by atoms with Crippen molar-refractivity contribution in [3.63, 3.8) is 0 Å². The lowest BCUT2D eigenvalue weighted by molar-refractivity contribution is -0.323. The zero-order valence-electron chi connectivity index (χ0n) is 28.6. The van der Waals surface area contributed by atoms with E-state index >= 15 is 0 Å². The second kappa shape index (κ2) is 11.7. The molecule has 8 heteroatoms. The molecule has 0 aromatic rings. The Kier molecular flexibility index (Phi) is 9.15. The Balaban J connectivity index is 1.39. The van der Waals surface area contributed by atoms with Gasteiger partial charge in [0.1, 0.15) is 23.9 Å². The molecule has 0 radical (unpaired) electrons. The number of carbonyl (C=O) groups is 1. The SMILES string of the molecule is CC1CCC2C(CCC2(C)OC2OC(C)C(O)C(O)C2O)C(C)(C)C1=CCC1C(C)(O)CCC2OC(C)(C)C(=O)CCC21C.